The molecule has 1 saturated heterocycles. The van der Waals surface area contributed by atoms with Gasteiger partial charge in [0.1, 0.15) is 6.29 Å². The van der Waals surface area contributed by atoms with Crippen LogP contribution in [0.2, 0.25) is 5.02 Å². The predicted molar refractivity (Wildman–Crippen MR) is 76.3 cm³/mol. The van der Waals surface area contributed by atoms with Crippen LogP contribution in [-0.2, 0) is 16.1 Å². The molecule has 1 aromatic carbocycles. The van der Waals surface area contributed by atoms with Crippen molar-refractivity contribution in [2.75, 3.05) is 26.8 Å². The van der Waals surface area contributed by atoms with Gasteiger partial charge in [0, 0.05) is 36.7 Å². The van der Waals surface area contributed by atoms with Gasteiger partial charge in [-0.25, -0.2) is 0 Å². The Hall–Kier alpha value is -0.900. The Kier molecular flexibility index (Phi) is 4.97. The molecular formula is C15H20ClNO2. The fraction of sp³-hybridized carbons (Fsp3) is 0.533. The fourth-order valence-electron chi connectivity index (χ4n) is 2.59. The van der Waals surface area contributed by atoms with Crippen LogP contribution in [0.4, 0.5) is 0 Å². The summed E-state index contributed by atoms with van der Waals surface area (Å²) in [6.45, 7) is 2.98. The van der Waals surface area contributed by atoms with Crippen LogP contribution in [0.15, 0.2) is 24.3 Å². The second-order valence-corrected chi connectivity index (χ2v) is 5.83. The van der Waals surface area contributed by atoms with Gasteiger partial charge in [-0.2, -0.15) is 0 Å². The Bertz CT molecular complexity index is 413. The Morgan fingerprint density at radius 2 is 1.95 bits per heavy atom. The molecule has 0 atom stereocenters. The quantitative estimate of drug-likeness (QED) is 0.777. The van der Waals surface area contributed by atoms with Crippen LogP contribution in [0.25, 0.3) is 0 Å². The van der Waals surface area contributed by atoms with Crippen LogP contribution in [0.1, 0.15) is 18.4 Å². The van der Waals surface area contributed by atoms with Gasteiger partial charge in [-0.15, -0.1) is 0 Å². The first kappa shape index (κ1) is 14.5. The molecule has 1 heterocycles. The van der Waals surface area contributed by atoms with Gasteiger partial charge < -0.3 is 14.4 Å². The molecule has 0 aliphatic carbocycles. The molecule has 0 N–H and O–H groups in total. The molecule has 3 nitrogen and oxygen atoms in total. The van der Waals surface area contributed by atoms with Crippen molar-refractivity contribution < 1.29 is 9.53 Å². The van der Waals surface area contributed by atoms with Crippen LogP contribution in [0.5, 0.6) is 0 Å². The molecule has 0 aromatic heterocycles. The summed E-state index contributed by atoms with van der Waals surface area (Å²) in [5.41, 5.74) is 0.972. The third-order valence-corrected chi connectivity index (χ3v) is 3.94. The number of hydrogen-bond donors (Lipinski definition) is 0. The number of nitrogens with zero attached hydrogens (tertiary/aromatic N) is 1. The number of ether oxygens (including phenoxy) is 1. The van der Waals surface area contributed by atoms with E-state index in [1.54, 1.807) is 0 Å². The summed E-state index contributed by atoms with van der Waals surface area (Å²) in [4.78, 5) is 13.6. The van der Waals surface area contributed by atoms with Gasteiger partial charge in [-0.3, -0.25) is 0 Å². The van der Waals surface area contributed by atoms with Gasteiger partial charge in [0.15, 0.2) is 0 Å². The van der Waals surface area contributed by atoms with E-state index in [1.165, 1.54) is 5.56 Å². The van der Waals surface area contributed by atoms with Crippen LogP contribution >= 0.6 is 11.6 Å². The molecule has 1 aliphatic heterocycles. The predicted octanol–water partition coefficient (Wildman–Crippen LogP) is 2.77. The van der Waals surface area contributed by atoms with Crippen molar-refractivity contribution in [1.29, 1.82) is 0 Å². The monoisotopic (exact) mass is 281 g/mol. The smallest absolute Gasteiger partial charge is 0.127 e. The Morgan fingerprint density at radius 1 is 1.32 bits per heavy atom. The van der Waals surface area contributed by atoms with Gasteiger partial charge in [0.05, 0.1) is 0 Å². The number of aldehydes is 1. The van der Waals surface area contributed by atoms with Crippen molar-refractivity contribution in [2.24, 2.45) is 5.41 Å². The van der Waals surface area contributed by atoms with Gasteiger partial charge in [-0.05, 0) is 37.6 Å². The molecule has 1 aliphatic rings. The zero-order valence-corrected chi connectivity index (χ0v) is 12.0. The first-order valence-electron chi connectivity index (χ1n) is 6.61. The van der Waals surface area contributed by atoms with Crippen molar-refractivity contribution in [2.45, 2.75) is 19.4 Å². The Morgan fingerprint density at radius 3 is 2.53 bits per heavy atom. The van der Waals surface area contributed by atoms with Gasteiger partial charge in [-0.1, -0.05) is 23.7 Å². The van der Waals surface area contributed by atoms with E-state index in [4.69, 9.17) is 16.3 Å². The van der Waals surface area contributed by atoms with Crippen molar-refractivity contribution in [1.82, 2.24) is 4.90 Å². The molecule has 1 aromatic rings. The number of benzene rings is 1. The van der Waals surface area contributed by atoms with Crippen molar-refractivity contribution >= 4 is 17.9 Å². The summed E-state index contributed by atoms with van der Waals surface area (Å²) < 4.78 is 5.35. The molecule has 19 heavy (non-hydrogen) atoms. The van der Waals surface area contributed by atoms with Gasteiger partial charge in [0.25, 0.3) is 0 Å². The van der Waals surface area contributed by atoms with Gasteiger partial charge in [0.2, 0.25) is 0 Å². The van der Waals surface area contributed by atoms with E-state index in [1.807, 2.05) is 24.3 Å². The molecule has 0 saturated carbocycles. The summed E-state index contributed by atoms with van der Waals surface area (Å²) in [7, 11) is 2.05. The highest BCUT2D eigenvalue weighted by atomic mass is 35.5. The molecular weight excluding hydrogens is 262 g/mol. The zero-order valence-electron chi connectivity index (χ0n) is 11.3. The molecule has 0 bridgehead atoms. The summed E-state index contributed by atoms with van der Waals surface area (Å²) in [5.74, 6) is 0. The van der Waals surface area contributed by atoms with E-state index >= 15 is 0 Å². The maximum absolute atomic E-state index is 11.4. The minimum atomic E-state index is -0.237. The van der Waals surface area contributed by atoms with E-state index in [0.717, 1.165) is 37.2 Å². The lowest BCUT2D eigenvalue weighted by Crippen LogP contribution is -2.41. The van der Waals surface area contributed by atoms with E-state index < -0.39 is 0 Å². The lowest BCUT2D eigenvalue weighted by Gasteiger charge is -2.35. The largest absolute Gasteiger partial charge is 0.381 e. The molecule has 0 radical (unpaired) electrons. The van der Waals surface area contributed by atoms with Crippen LogP contribution < -0.4 is 0 Å². The number of carbonyl (C=O) groups is 1. The summed E-state index contributed by atoms with van der Waals surface area (Å²) in [6, 6.07) is 7.84. The molecule has 0 amide bonds. The van der Waals surface area contributed by atoms with Gasteiger partial charge >= 0.3 is 0 Å². The normalized spacial score (nSPS) is 18.5. The minimum Gasteiger partial charge on any atom is -0.381 e. The molecule has 0 spiro atoms. The third kappa shape index (κ3) is 4.03. The molecule has 104 valence electrons. The van der Waals surface area contributed by atoms with Crippen LogP contribution in [-0.4, -0.2) is 38.0 Å². The van der Waals surface area contributed by atoms with Crippen molar-refractivity contribution in [3.8, 4) is 0 Å². The highest BCUT2D eigenvalue weighted by Crippen LogP contribution is 2.29. The summed E-state index contributed by atoms with van der Waals surface area (Å²) >= 11 is 5.87. The number of carbonyl (C=O) groups excluding carboxylic acids is 1. The molecule has 0 unspecified atom stereocenters. The standard InChI is InChI=1S/C15H20ClNO2/c1-17(10-13-2-4-14(16)5-3-13)11-15(12-18)6-8-19-9-7-15/h2-5,12H,6-11H2,1H3. The topological polar surface area (TPSA) is 29.5 Å². The first-order chi connectivity index (χ1) is 9.13. The zero-order chi connectivity index (χ0) is 13.7. The Labute approximate surface area is 119 Å². The maximum Gasteiger partial charge on any atom is 0.127 e. The molecule has 1 fully saturated rings. The van der Waals surface area contributed by atoms with E-state index in [2.05, 4.69) is 11.9 Å². The SMILES string of the molecule is CN(Cc1ccc(Cl)cc1)CC1(C=O)CCOCC1. The minimum absolute atomic E-state index is 0.237. The highest BCUT2D eigenvalue weighted by Gasteiger charge is 2.33. The average Bonchev–Trinajstić information content (AvgIpc) is 2.42. The number of hydrogen-bond acceptors (Lipinski definition) is 3. The molecule has 4 heteroatoms. The second kappa shape index (κ2) is 6.51. The lowest BCUT2D eigenvalue weighted by molar-refractivity contribution is -0.122. The summed E-state index contributed by atoms with van der Waals surface area (Å²) in [5, 5.41) is 0.750. The van der Waals surface area contributed by atoms with Crippen LogP contribution in [0, 0.1) is 5.41 Å². The average molecular weight is 282 g/mol. The second-order valence-electron chi connectivity index (χ2n) is 5.39. The fourth-order valence-corrected chi connectivity index (χ4v) is 2.71. The summed E-state index contributed by atoms with van der Waals surface area (Å²) in [6.07, 6.45) is 2.76. The van der Waals surface area contributed by atoms with E-state index in [0.29, 0.717) is 13.2 Å². The lowest BCUT2D eigenvalue weighted by atomic mass is 9.81. The van der Waals surface area contributed by atoms with E-state index in [-0.39, 0.29) is 5.41 Å². The van der Waals surface area contributed by atoms with Crippen LogP contribution in [0.3, 0.4) is 0 Å². The maximum atomic E-state index is 11.4. The third-order valence-electron chi connectivity index (χ3n) is 3.69. The van der Waals surface area contributed by atoms with E-state index in [9.17, 15) is 4.79 Å². The number of halogens is 1. The molecule has 2 rings (SSSR count). The van der Waals surface area contributed by atoms with Crippen molar-refractivity contribution in [3.05, 3.63) is 34.9 Å². The highest BCUT2D eigenvalue weighted by molar-refractivity contribution is 6.30. The Balaban J connectivity index is 1.94. The first-order valence-corrected chi connectivity index (χ1v) is 6.98. The van der Waals surface area contributed by atoms with Crippen molar-refractivity contribution in [3.63, 3.8) is 0 Å². The number of rotatable bonds is 5.